The first kappa shape index (κ1) is 37.7. The van der Waals surface area contributed by atoms with E-state index in [1.165, 1.54) is 91.8 Å². The first-order valence-electron chi connectivity index (χ1n) is 21.9. The number of nitrogens with zero attached hydrogens (tertiary/aromatic N) is 1. The van der Waals surface area contributed by atoms with Crippen LogP contribution in [0, 0.1) is 0 Å². The van der Waals surface area contributed by atoms with Crippen LogP contribution < -0.4 is 4.90 Å². The largest absolute Gasteiger partial charge is 0.310 e. The zero-order valence-electron chi connectivity index (χ0n) is 35.0. The molecule has 0 aliphatic rings. The molecule has 1 heterocycles. The van der Waals surface area contributed by atoms with E-state index in [1.54, 1.807) is 0 Å². The van der Waals surface area contributed by atoms with Gasteiger partial charge < -0.3 is 4.90 Å². The third-order valence-corrected chi connectivity index (χ3v) is 13.9. The minimum Gasteiger partial charge on any atom is -0.310 e. The summed E-state index contributed by atoms with van der Waals surface area (Å²) in [5.41, 5.74) is 15.4. The zero-order chi connectivity index (χ0) is 42.4. The molecule has 12 rings (SSSR count). The second-order valence-electron chi connectivity index (χ2n) is 16.4. The number of para-hydroxylation sites is 1. The van der Waals surface area contributed by atoms with Crippen LogP contribution in [0.2, 0.25) is 0 Å². The number of thiophene rings is 1. The van der Waals surface area contributed by atoms with E-state index in [2.05, 4.69) is 254 Å². The third-order valence-electron chi connectivity index (χ3n) is 12.7. The highest BCUT2D eigenvalue weighted by atomic mass is 32.1. The van der Waals surface area contributed by atoms with Gasteiger partial charge in [-0.05, 0) is 102 Å². The summed E-state index contributed by atoms with van der Waals surface area (Å²) in [7, 11) is 0. The van der Waals surface area contributed by atoms with Crippen LogP contribution in [0.1, 0.15) is 0 Å². The molecule has 11 aromatic carbocycles. The molecule has 0 amide bonds. The van der Waals surface area contributed by atoms with Crippen LogP contribution in [0.15, 0.2) is 249 Å². The average molecular weight is 832 g/mol. The van der Waals surface area contributed by atoms with Gasteiger partial charge in [0.2, 0.25) is 0 Å². The minimum atomic E-state index is 1.09. The fourth-order valence-electron chi connectivity index (χ4n) is 9.65. The van der Waals surface area contributed by atoms with Gasteiger partial charge in [-0.15, -0.1) is 11.3 Å². The van der Waals surface area contributed by atoms with Gasteiger partial charge in [0.05, 0.1) is 5.69 Å². The van der Waals surface area contributed by atoms with Crippen molar-refractivity contribution in [3.8, 4) is 55.6 Å². The molecule has 0 saturated carbocycles. The van der Waals surface area contributed by atoms with E-state index in [0.717, 1.165) is 22.6 Å². The van der Waals surface area contributed by atoms with E-state index < -0.39 is 0 Å². The Bertz CT molecular complexity index is 3660. The SMILES string of the molecule is c1cc(-c2ccccc2-c2cccc3ccccc23)cc(N(c2ccc(-c3ccc(-c4cccc5ccccc45)cc3)cc2)c2ccccc2-c2cccc3c2sc2ccccc23)c1. The highest BCUT2D eigenvalue weighted by molar-refractivity contribution is 7.26. The average Bonchev–Trinajstić information content (AvgIpc) is 3.76. The van der Waals surface area contributed by atoms with Gasteiger partial charge in [-0.1, -0.05) is 212 Å². The maximum absolute atomic E-state index is 2.44. The lowest BCUT2D eigenvalue weighted by Gasteiger charge is -2.29. The molecule has 0 atom stereocenters. The minimum absolute atomic E-state index is 1.09. The van der Waals surface area contributed by atoms with Crippen molar-refractivity contribution in [2.75, 3.05) is 4.90 Å². The Morgan fingerprint density at radius 3 is 1.53 bits per heavy atom. The normalized spacial score (nSPS) is 11.4. The molecule has 2 heteroatoms. The monoisotopic (exact) mass is 831 g/mol. The van der Waals surface area contributed by atoms with E-state index in [4.69, 9.17) is 0 Å². The summed E-state index contributed by atoms with van der Waals surface area (Å²) in [6.07, 6.45) is 0. The lowest BCUT2D eigenvalue weighted by Crippen LogP contribution is -2.11. The van der Waals surface area contributed by atoms with Gasteiger partial charge in [-0.25, -0.2) is 0 Å². The predicted molar refractivity (Wildman–Crippen MR) is 276 cm³/mol. The molecular weight excluding hydrogens is 791 g/mol. The van der Waals surface area contributed by atoms with Crippen molar-refractivity contribution < 1.29 is 0 Å². The van der Waals surface area contributed by atoms with Gasteiger partial charge in [0.15, 0.2) is 0 Å². The number of rotatable bonds is 8. The Morgan fingerprint density at radius 2 is 0.766 bits per heavy atom. The predicted octanol–water partition coefficient (Wildman–Crippen LogP) is 18.2. The zero-order valence-corrected chi connectivity index (χ0v) is 35.8. The standard InChI is InChI=1S/C62H41NS/c1-3-21-50-44(15-1)17-12-27-51(50)46-35-33-42(34-36-46)43-37-39-48(40-38-43)63(60-31-9-7-25-56(60)58-29-14-30-59-57-26-8-10-32-61(57)64-62(58)59)49-20-11-19-47(41-49)53-23-5-6-24-54(53)55-28-13-18-45-16-2-4-22-52(45)55/h1-41H. The van der Waals surface area contributed by atoms with E-state index in [9.17, 15) is 0 Å². The molecule has 12 aromatic rings. The van der Waals surface area contributed by atoms with Crippen LogP contribution in [-0.4, -0.2) is 0 Å². The molecule has 1 aromatic heterocycles. The van der Waals surface area contributed by atoms with Crippen LogP contribution in [0.4, 0.5) is 17.1 Å². The van der Waals surface area contributed by atoms with Gasteiger partial charge in [0, 0.05) is 42.7 Å². The number of hydrogen-bond acceptors (Lipinski definition) is 2. The summed E-state index contributed by atoms with van der Waals surface area (Å²) in [5, 5.41) is 7.62. The van der Waals surface area contributed by atoms with Gasteiger partial charge in [-0.2, -0.15) is 0 Å². The van der Waals surface area contributed by atoms with E-state index in [1.807, 2.05) is 11.3 Å². The fourth-order valence-corrected chi connectivity index (χ4v) is 10.9. The maximum atomic E-state index is 2.44. The van der Waals surface area contributed by atoms with Crippen LogP contribution in [0.25, 0.3) is 97.4 Å². The van der Waals surface area contributed by atoms with Crippen molar-refractivity contribution in [3.63, 3.8) is 0 Å². The van der Waals surface area contributed by atoms with Crippen molar-refractivity contribution in [3.05, 3.63) is 249 Å². The van der Waals surface area contributed by atoms with Crippen molar-refractivity contribution in [1.29, 1.82) is 0 Å². The molecule has 0 unspecified atom stereocenters. The lowest BCUT2D eigenvalue weighted by atomic mass is 9.91. The van der Waals surface area contributed by atoms with Gasteiger partial charge in [-0.3, -0.25) is 0 Å². The molecule has 0 radical (unpaired) electrons. The Labute approximate surface area is 377 Å². The van der Waals surface area contributed by atoms with E-state index in [0.29, 0.717) is 0 Å². The second-order valence-corrected chi connectivity index (χ2v) is 17.5. The molecule has 0 aliphatic carbocycles. The molecule has 0 spiro atoms. The lowest BCUT2D eigenvalue weighted by molar-refractivity contribution is 1.28. The summed E-state index contributed by atoms with van der Waals surface area (Å²) >= 11 is 1.88. The van der Waals surface area contributed by atoms with Gasteiger partial charge in [0.1, 0.15) is 0 Å². The molecular formula is C62H41NS. The summed E-state index contributed by atoms with van der Waals surface area (Å²) in [4.78, 5) is 2.44. The third kappa shape index (κ3) is 6.64. The van der Waals surface area contributed by atoms with Gasteiger partial charge >= 0.3 is 0 Å². The Hall–Kier alpha value is -8.04. The number of fused-ring (bicyclic) bond motifs is 5. The molecule has 300 valence electrons. The van der Waals surface area contributed by atoms with Crippen molar-refractivity contribution in [1.82, 2.24) is 0 Å². The Morgan fingerprint density at radius 1 is 0.266 bits per heavy atom. The van der Waals surface area contributed by atoms with E-state index >= 15 is 0 Å². The van der Waals surface area contributed by atoms with Crippen molar-refractivity contribution in [2.45, 2.75) is 0 Å². The molecule has 64 heavy (non-hydrogen) atoms. The maximum Gasteiger partial charge on any atom is 0.0540 e. The highest BCUT2D eigenvalue weighted by Gasteiger charge is 2.21. The first-order valence-corrected chi connectivity index (χ1v) is 22.7. The summed E-state index contributed by atoms with van der Waals surface area (Å²) in [6, 6.07) is 90.9. The van der Waals surface area contributed by atoms with Crippen LogP contribution >= 0.6 is 11.3 Å². The number of hydrogen-bond donors (Lipinski definition) is 0. The van der Waals surface area contributed by atoms with Crippen LogP contribution in [-0.2, 0) is 0 Å². The first-order chi connectivity index (χ1) is 31.7. The molecule has 0 N–H and O–H groups in total. The summed E-state index contributed by atoms with van der Waals surface area (Å²) in [6.45, 7) is 0. The quantitative estimate of drug-likeness (QED) is 0.147. The van der Waals surface area contributed by atoms with Crippen LogP contribution in [0.5, 0.6) is 0 Å². The Balaban J connectivity index is 0.992. The van der Waals surface area contributed by atoms with Crippen LogP contribution in [0.3, 0.4) is 0 Å². The molecule has 0 aliphatic heterocycles. The molecule has 0 bridgehead atoms. The topological polar surface area (TPSA) is 3.24 Å². The second kappa shape index (κ2) is 16.0. The number of benzene rings is 11. The number of anilines is 3. The smallest absolute Gasteiger partial charge is 0.0540 e. The Kier molecular flexibility index (Phi) is 9.43. The summed E-state index contributed by atoms with van der Waals surface area (Å²) in [5.74, 6) is 0. The summed E-state index contributed by atoms with van der Waals surface area (Å²) < 4.78 is 2.61. The van der Waals surface area contributed by atoms with Crippen molar-refractivity contribution >= 4 is 70.1 Å². The fraction of sp³-hybridized carbons (Fsp3) is 0. The molecule has 1 nitrogen and oxygen atoms in total. The molecule has 0 fully saturated rings. The molecule has 0 saturated heterocycles. The van der Waals surface area contributed by atoms with Gasteiger partial charge in [0.25, 0.3) is 0 Å². The van der Waals surface area contributed by atoms with E-state index in [-0.39, 0.29) is 0 Å². The van der Waals surface area contributed by atoms with Crippen molar-refractivity contribution in [2.24, 2.45) is 0 Å². The highest BCUT2D eigenvalue weighted by Crippen LogP contribution is 2.47.